The quantitative estimate of drug-likeness (QED) is 0.679. The van der Waals surface area contributed by atoms with E-state index in [1.807, 2.05) is 0 Å². The van der Waals surface area contributed by atoms with Crippen LogP contribution in [0.5, 0.6) is 0 Å². The van der Waals surface area contributed by atoms with Gasteiger partial charge >= 0.3 is 0 Å². The molecule has 0 saturated heterocycles. The number of anilines is 1. The van der Waals surface area contributed by atoms with Crippen molar-refractivity contribution >= 4 is 40.6 Å². The van der Waals surface area contributed by atoms with Crippen molar-refractivity contribution < 1.29 is 9.59 Å². The molecule has 3 nitrogen and oxygen atoms in total. The number of nitrogens with one attached hydrogen (secondary N) is 1. The lowest BCUT2D eigenvalue weighted by molar-refractivity contribution is -0.117. The molecule has 90 valence electrons. The van der Waals surface area contributed by atoms with E-state index in [-0.39, 0.29) is 17.6 Å². The van der Waals surface area contributed by atoms with Crippen molar-refractivity contribution in [3.8, 4) is 0 Å². The van der Waals surface area contributed by atoms with Crippen molar-refractivity contribution in [2.24, 2.45) is 5.92 Å². The summed E-state index contributed by atoms with van der Waals surface area (Å²) in [6, 6.07) is 6.70. The number of ketones is 1. The van der Waals surface area contributed by atoms with Gasteiger partial charge in [-0.25, -0.2) is 0 Å². The molecule has 17 heavy (non-hydrogen) atoms. The highest BCUT2D eigenvalue weighted by Gasteiger charge is 2.56. The van der Waals surface area contributed by atoms with Gasteiger partial charge in [0.1, 0.15) is 4.33 Å². The summed E-state index contributed by atoms with van der Waals surface area (Å²) < 4.78 is -0.913. The van der Waals surface area contributed by atoms with Crippen molar-refractivity contribution in [3.63, 3.8) is 0 Å². The first-order valence-electron chi connectivity index (χ1n) is 5.20. The normalized spacial score (nSPS) is 20.8. The van der Waals surface area contributed by atoms with Crippen LogP contribution < -0.4 is 5.32 Å². The third-order valence-electron chi connectivity index (χ3n) is 2.70. The van der Waals surface area contributed by atoms with Crippen LogP contribution in [0, 0.1) is 5.92 Å². The zero-order valence-corrected chi connectivity index (χ0v) is 10.7. The molecule has 1 atom stereocenters. The molecule has 0 heterocycles. The predicted molar refractivity (Wildman–Crippen MR) is 67.6 cm³/mol. The summed E-state index contributed by atoms with van der Waals surface area (Å²) in [7, 11) is 0. The molecule has 1 aromatic carbocycles. The number of Topliss-reactive ketones (excluding diaryl/α,β-unsaturated/α-hetero) is 1. The number of hydrogen-bond donors (Lipinski definition) is 1. The molecule has 1 N–H and O–H groups in total. The summed E-state index contributed by atoms with van der Waals surface area (Å²) in [4.78, 5) is 22.7. The van der Waals surface area contributed by atoms with Crippen LogP contribution in [0.25, 0.3) is 0 Å². The molecule has 0 unspecified atom stereocenters. The van der Waals surface area contributed by atoms with E-state index in [4.69, 9.17) is 23.2 Å². The number of amides is 1. The highest BCUT2D eigenvalue weighted by atomic mass is 35.5. The highest BCUT2D eigenvalue weighted by molar-refractivity contribution is 6.52. The van der Waals surface area contributed by atoms with E-state index in [1.54, 1.807) is 24.3 Å². The zero-order chi connectivity index (χ0) is 12.6. The van der Waals surface area contributed by atoms with Crippen molar-refractivity contribution in [1.29, 1.82) is 0 Å². The summed E-state index contributed by atoms with van der Waals surface area (Å²) in [5.74, 6) is -0.547. The van der Waals surface area contributed by atoms with E-state index < -0.39 is 4.33 Å². The van der Waals surface area contributed by atoms with Crippen LogP contribution in [0.1, 0.15) is 23.7 Å². The van der Waals surface area contributed by atoms with Gasteiger partial charge in [-0.15, -0.1) is 23.2 Å². The average molecular weight is 272 g/mol. The van der Waals surface area contributed by atoms with Gasteiger partial charge < -0.3 is 5.32 Å². The van der Waals surface area contributed by atoms with Crippen molar-refractivity contribution in [2.75, 3.05) is 5.32 Å². The van der Waals surface area contributed by atoms with E-state index in [0.29, 0.717) is 17.7 Å². The van der Waals surface area contributed by atoms with Gasteiger partial charge in [-0.3, -0.25) is 9.59 Å². The number of hydrogen-bond acceptors (Lipinski definition) is 2. The molecular weight excluding hydrogens is 261 g/mol. The second-order valence-corrected chi connectivity index (χ2v) is 5.68. The van der Waals surface area contributed by atoms with Crippen LogP contribution in [0.3, 0.4) is 0 Å². The lowest BCUT2D eigenvalue weighted by atomic mass is 10.1. The van der Waals surface area contributed by atoms with Crippen LogP contribution in [-0.4, -0.2) is 16.0 Å². The lowest BCUT2D eigenvalue weighted by Gasteiger charge is -2.05. The molecule has 1 amide bonds. The summed E-state index contributed by atoms with van der Waals surface area (Å²) in [5.41, 5.74) is 1.24. The summed E-state index contributed by atoms with van der Waals surface area (Å²) in [5, 5.41) is 2.71. The standard InChI is InChI=1S/C12H11Cl2NO2/c1-7(16)8-2-4-9(5-3-8)15-11(17)10-6-12(10,13)14/h2-5,10H,6H2,1H3,(H,15,17)/t10-/m1/s1. The summed E-state index contributed by atoms with van der Waals surface area (Å²) in [6.07, 6.45) is 0.480. The fourth-order valence-corrected chi connectivity index (χ4v) is 2.02. The average Bonchev–Trinajstić information content (AvgIpc) is 2.89. The Kier molecular flexibility index (Phi) is 3.15. The van der Waals surface area contributed by atoms with Gasteiger partial charge in [0.05, 0.1) is 5.92 Å². The highest BCUT2D eigenvalue weighted by Crippen LogP contribution is 2.53. The Labute approximate surface area is 109 Å². The maximum atomic E-state index is 11.7. The summed E-state index contributed by atoms with van der Waals surface area (Å²) in [6.45, 7) is 1.49. The van der Waals surface area contributed by atoms with Gasteiger partial charge in [0.25, 0.3) is 0 Å². The first kappa shape index (κ1) is 12.4. The minimum atomic E-state index is -0.913. The van der Waals surface area contributed by atoms with Gasteiger partial charge in [-0.05, 0) is 37.6 Å². The lowest BCUT2D eigenvalue weighted by Crippen LogP contribution is -2.16. The molecule has 2 rings (SSSR count). The molecule has 0 bridgehead atoms. The Bertz CT molecular complexity index is 468. The SMILES string of the molecule is CC(=O)c1ccc(NC(=O)[C@H]2CC2(Cl)Cl)cc1. The van der Waals surface area contributed by atoms with E-state index >= 15 is 0 Å². The Morgan fingerprint density at radius 3 is 2.24 bits per heavy atom. The second-order valence-electron chi connectivity index (χ2n) is 4.14. The Morgan fingerprint density at radius 1 is 1.29 bits per heavy atom. The zero-order valence-electron chi connectivity index (χ0n) is 9.17. The van der Waals surface area contributed by atoms with Crippen LogP contribution in [0.4, 0.5) is 5.69 Å². The van der Waals surface area contributed by atoms with Crippen LogP contribution in [0.2, 0.25) is 0 Å². The smallest absolute Gasteiger partial charge is 0.230 e. The first-order valence-corrected chi connectivity index (χ1v) is 5.95. The minimum Gasteiger partial charge on any atom is -0.326 e. The van der Waals surface area contributed by atoms with Gasteiger partial charge in [0, 0.05) is 11.3 Å². The van der Waals surface area contributed by atoms with Crippen LogP contribution >= 0.6 is 23.2 Å². The molecule has 0 aromatic heterocycles. The fraction of sp³-hybridized carbons (Fsp3) is 0.333. The second kappa shape index (κ2) is 4.31. The number of carbonyl (C=O) groups excluding carboxylic acids is 2. The van der Waals surface area contributed by atoms with E-state index in [2.05, 4.69) is 5.32 Å². The van der Waals surface area contributed by atoms with Gasteiger partial charge in [0.2, 0.25) is 5.91 Å². The van der Waals surface area contributed by atoms with Crippen LogP contribution in [0.15, 0.2) is 24.3 Å². The van der Waals surface area contributed by atoms with Crippen molar-refractivity contribution in [2.45, 2.75) is 17.7 Å². The Morgan fingerprint density at radius 2 is 1.82 bits per heavy atom. The molecule has 0 spiro atoms. The van der Waals surface area contributed by atoms with E-state index in [9.17, 15) is 9.59 Å². The van der Waals surface area contributed by atoms with E-state index in [1.165, 1.54) is 6.92 Å². The molecule has 1 aliphatic carbocycles. The molecular formula is C12H11Cl2NO2. The first-order chi connectivity index (χ1) is 7.90. The number of rotatable bonds is 3. The molecule has 1 aromatic rings. The monoisotopic (exact) mass is 271 g/mol. The van der Waals surface area contributed by atoms with E-state index in [0.717, 1.165) is 0 Å². The molecule has 1 aliphatic rings. The van der Waals surface area contributed by atoms with Crippen molar-refractivity contribution in [3.05, 3.63) is 29.8 Å². The Balaban J connectivity index is 2.00. The molecule has 5 heteroatoms. The number of halogens is 2. The Hall–Kier alpha value is -1.06. The number of alkyl halides is 2. The predicted octanol–water partition coefficient (Wildman–Crippen LogP) is 3.02. The fourth-order valence-electron chi connectivity index (χ4n) is 1.52. The van der Waals surface area contributed by atoms with Gasteiger partial charge in [0.15, 0.2) is 5.78 Å². The minimum absolute atomic E-state index is 0.00870. The molecule has 1 fully saturated rings. The maximum absolute atomic E-state index is 11.7. The largest absolute Gasteiger partial charge is 0.326 e. The third-order valence-corrected chi connectivity index (χ3v) is 3.54. The number of benzene rings is 1. The van der Waals surface area contributed by atoms with Crippen LogP contribution in [-0.2, 0) is 4.79 Å². The van der Waals surface area contributed by atoms with Gasteiger partial charge in [-0.1, -0.05) is 0 Å². The third kappa shape index (κ3) is 2.79. The summed E-state index contributed by atoms with van der Waals surface area (Å²) >= 11 is 11.6. The molecule has 0 radical (unpaired) electrons. The molecule has 0 aliphatic heterocycles. The topological polar surface area (TPSA) is 46.2 Å². The maximum Gasteiger partial charge on any atom is 0.230 e. The number of carbonyl (C=O) groups is 2. The molecule has 1 saturated carbocycles. The van der Waals surface area contributed by atoms with Crippen molar-refractivity contribution in [1.82, 2.24) is 0 Å². The van der Waals surface area contributed by atoms with Gasteiger partial charge in [-0.2, -0.15) is 0 Å².